The number of benzene rings is 2. The minimum atomic E-state index is -0.154. The van der Waals surface area contributed by atoms with E-state index in [0.717, 1.165) is 41.3 Å². The van der Waals surface area contributed by atoms with Crippen LogP contribution in [0.25, 0.3) is 10.8 Å². The molecule has 1 N–H and O–H groups in total. The fourth-order valence-corrected chi connectivity index (χ4v) is 3.27. The molecule has 1 aliphatic rings. The van der Waals surface area contributed by atoms with Crippen molar-refractivity contribution in [3.05, 3.63) is 59.3 Å². The van der Waals surface area contributed by atoms with Crippen molar-refractivity contribution in [3.8, 4) is 0 Å². The number of aromatic nitrogens is 1. The van der Waals surface area contributed by atoms with Crippen LogP contribution in [-0.4, -0.2) is 11.1 Å². The maximum absolute atomic E-state index is 12.7. The molecule has 4 rings (SSSR count). The Hall–Kier alpha value is -2.62. The van der Waals surface area contributed by atoms with Gasteiger partial charge in [0, 0.05) is 11.1 Å². The molecule has 0 fully saturated rings. The van der Waals surface area contributed by atoms with Gasteiger partial charge in [0.05, 0.1) is 5.69 Å². The van der Waals surface area contributed by atoms with Crippen LogP contribution in [0.5, 0.6) is 0 Å². The van der Waals surface area contributed by atoms with E-state index in [2.05, 4.69) is 17.4 Å². The molecule has 4 nitrogen and oxygen atoms in total. The van der Waals surface area contributed by atoms with Crippen molar-refractivity contribution in [1.29, 1.82) is 0 Å². The third-order valence-corrected chi connectivity index (χ3v) is 4.56. The summed E-state index contributed by atoms with van der Waals surface area (Å²) in [5.41, 5.74) is 2.69. The molecule has 0 unspecified atom stereocenters. The van der Waals surface area contributed by atoms with Gasteiger partial charge in [-0.1, -0.05) is 48.5 Å². The molecule has 23 heavy (non-hydrogen) atoms. The Morgan fingerprint density at radius 2 is 2.04 bits per heavy atom. The summed E-state index contributed by atoms with van der Waals surface area (Å²) < 4.78 is 5.39. The summed E-state index contributed by atoms with van der Waals surface area (Å²) in [7, 11) is 0. The zero-order valence-corrected chi connectivity index (χ0v) is 13.0. The first-order valence-corrected chi connectivity index (χ1v) is 7.99. The summed E-state index contributed by atoms with van der Waals surface area (Å²) in [5, 5.41) is 9.01. The molecule has 1 aliphatic carbocycles. The van der Waals surface area contributed by atoms with Gasteiger partial charge in [-0.15, -0.1) is 0 Å². The number of aryl methyl sites for hydroxylation is 1. The van der Waals surface area contributed by atoms with Crippen LogP contribution in [0.2, 0.25) is 0 Å². The largest absolute Gasteiger partial charge is 0.338 e. The number of carbonyl (C=O) groups is 1. The zero-order valence-electron chi connectivity index (χ0n) is 13.0. The van der Waals surface area contributed by atoms with Crippen molar-refractivity contribution < 1.29 is 9.32 Å². The number of carbonyl (C=O) groups excluding carboxylic acids is 1. The Kier molecular flexibility index (Phi) is 3.37. The second-order valence-electron chi connectivity index (χ2n) is 6.27. The molecule has 0 saturated carbocycles. The van der Waals surface area contributed by atoms with Crippen molar-refractivity contribution in [2.75, 3.05) is 5.32 Å². The van der Waals surface area contributed by atoms with Gasteiger partial charge in [-0.05, 0) is 42.0 Å². The highest BCUT2D eigenvalue weighted by Gasteiger charge is 2.24. The number of hydrogen-bond donors (Lipinski definition) is 1. The number of amides is 1. The van der Waals surface area contributed by atoms with E-state index in [1.807, 2.05) is 42.5 Å². The smallest absolute Gasteiger partial charge is 0.258 e. The molecule has 1 atom stereocenters. The normalized spacial score (nSPS) is 17.0. The number of hydrogen-bond acceptors (Lipinski definition) is 3. The van der Waals surface area contributed by atoms with Crippen LogP contribution in [0.3, 0.4) is 0 Å². The van der Waals surface area contributed by atoms with Gasteiger partial charge in [0.2, 0.25) is 5.88 Å². The second kappa shape index (κ2) is 5.54. The van der Waals surface area contributed by atoms with E-state index < -0.39 is 0 Å². The molecule has 1 heterocycles. The van der Waals surface area contributed by atoms with Crippen LogP contribution in [0.1, 0.15) is 35.0 Å². The molecule has 0 bridgehead atoms. The molecule has 0 aliphatic heterocycles. The number of rotatable bonds is 2. The predicted molar refractivity (Wildman–Crippen MR) is 89.6 cm³/mol. The third-order valence-electron chi connectivity index (χ3n) is 4.56. The lowest BCUT2D eigenvalue weighted by Gasteiger charge is -2.16. The highest BCUT2D eigenvalue weighted by Crippen LogP contribution is 2.31. The van der Waals surface area contributed by atoms with Crippen molar-refractivity contribution >= 4 is 22.6 Å². The molecule has 0 saturated heterocycles. The van der Waals surface area contributed by atoms with Gasteiger partial charge in [-0.2, -0.15) is 0 Å². The molecule has 1 amide bonds. The Balaban J connectivity index is 1.67. The van der Waals surface area contributed by atoms with Gasteiger partial charge in [0.1, 0.15) is 0 Å². The van der Waals surface area contributed by atoms with Crippen LogP contribution in [0.4, 0.5) is 5.88 Å². The quantitative estimate of drug-likeness (QED) is 0.772. The summed E-state index contributed by atoms with van der Waals surface area (Å²) in [4.78, 5) is 12.7. The minimum absolute atomic E-state index is 0.154. The van der Waals surface area contributed by atoms with Crippen LogP contribution in [0, 0.1) is 5.92 Å². The molecular formula is C19H18N2O2. The van der Waals surface area contributed by atoms with E-state index in [0.29, 0.717) is 17.4 Å². The lowest BCUT2D eigenvalue weighted by Crippen LogP contribution is -2.16. The van der Waals surface area contributed by atoms with Crippen molar-refractivity contribution in [3.63, 3.8) is 0 Å². The van der Waals surface area contributed by atoms with Crippen LogP contribution >= 0.6 is 0 Å². The van der Waals surface area contributed by atoms with Gasteiger partial charge >= 0.3 is 0 Å². The molecular weight excluding hydrogens is 288 g/mol. The van der Waals surface area contributed by atoms with Crippen molar-refractivity contribution in [2.24, 2.45) is 5.92 Å². The molecule has 1 aromatic heterocycles. The van der Waals surface area contributed by atoms with Crippen LogP contribution in [-0.2, 0) is 12.8 Å². The molecule has 0 spiro atoms. The fraction of sp³-hybridized carbons (Fsp3) is 0.263. The highest BCUT2D eigenvalue weighted by molar-refractivity contribution is 6.12. The Labute approximate surface area is 134 Å². The molecule has 2 aromatic carbocycles. The standard InChI is InChI=1S/C19H18N2O2/c1-12-9-10-17-16(11-12)19(23-21-17)20-18(22)15-8-4-6-13-5-2-3-7-14(13)15/h2-8,12H,9-11H2,1H3,(H,20,22)/t12-/m1/s1. The summed E-state index contributed by atoms with van der Waals surface area (Å²) in [5.74, 6) is 0.943. The minimum Gasteiger partial charge on any atom is -0.338 e. The van der Waals surface area contributed by atoms with E-state index >= 15 is 0 Å². The lowest BCUT2D eigenvalue weighted by atomic mass is 9.89. The summed E-state index contributed by atoms with van der Waals surface area (Å²) in [6.07, 6.45) is 2.95. The number of fused-ring (bicyclic) bond motifs is 2. The Bertz CT molecular complexity index is 877. The number of nitrogens with zero attached hydrogens (tertiary/aromatic N) is 1. The molecule has 0 radical (unpaired) electrons. The summed E-state index contributed by atoms with van der Waals surface area (Å²) in [6.45, 7) is 2.21. The predicted octanol–water partition coefficient (Wildman–Crippen LogP) is 4.20. The highest BCUT2D eigenvalue weighted by atomic mass is 16.5. The first kappa shape index (κ1) is 14.0. The molecule has 4 heteroatoms. The topological polar surface area (TPSA) is 55.1 Å². The lowest BCUT2D eigenvalue weighted by molar-refractivity contribution is 0.102. The first-order valence-electron chi connectivity index (χ1n) is 7.99. The van der Waals surface area contributed by atoms with Gasteiger partial charge in [0.15, 0.2) is 0 Å². The average Bonchev–Trinajstić information content (AvgIpc) is 2.96. The van der Waals surface area contributed by atoms with E-state index in [1.165, 1.54) is 0 Å². The van der Waals surface area contributed by atoms with Crippen LogP contribution in [0.15, 0.2) is 47.0 Å². The van der Waals surface area contributed by atoms with Crippen molar-refractivity contribution in [2.45, 2.75) is 26.2 Å². The van der Waals surface area contributed by atoms with Gasteiger partial charge in [0.25, 0.3) is 5.91 Å². The SMILES string of the molecule is C[C@@H]1CCc2noc(NC(=O)c3cccc4ccccc34)c2C1. The number of anilines is 1. The molecule has 3 aromatic rings. The van der Waals surface area contributed by atoms with E-state index in [1.54, 1.807) is 0 Å². The Morgan fingerprint density at radius 1 is 1.22 bits per heavy atom. The monoisotopic (exact) mass is 306 g/mol. The van der Waals surface area contributed by atoms with Gasteiger partial charge < -0.3 is 4.52 Å². The Morgan fingerprint density at radius 3 is 2.96 bits per heavy atom. The van der Waals surface area contributed by atoms with E-state index in [-0.39, 0.29) is 5.91 Å². The average molecular weight is 306 g/mol. The van der Waals surface area contributed by atoms with E-state index in [4.69, 9.17) is 4.52 Å². The molecule has 116 valence electrons. The van der Waals surface area contributed by atoms with Crippen LogP contribution < -0.4 is 5.32 Å². The maximum Gasteiger partial charge on any atom is 0.258 e. The third kappa shape index (κ3) is 2.50. The second-order valence-corrected chi connectivity index (χ2v) is 6.27. The summed E-state index contributed by atoms with van der Waals surface area (Å²) in [6, 6.07) is 13.6. The van der Waals surface area contributed by atoms with Gasteiger partial charge in [-0.25, -0.2) is 0 Å². The first-order chi connectivity index (χ1) is 11.2. The fourth-order valence-electron chi connectivity index (χ4n) is 3.27. The van der Waals surface area contributed by atoms with E-state index in [9.17, 15) is 4.79 Å². The van der Waals surface area contributed by atoms with Crippen molar-refractivity contribution in [1.82, 2.24) is 5.16 Å². The zero-order chi connectivity index (χ0) is 15.8. The van der Waals surface area contributed by atoms with Gasteiger partial charge in [-0.3, -0.25) is 10.1 Å². The summed E-state index contributed by atoms with van der Waals surface area (Å²) >= 11 is 0. The maximum atomic E-state index is 12.7. The number of nitrogens with one attached hydrogen (secondary N) is 1.